The number of piperidine rings is 2. The van der Waals surface area contributed by atoms with Crippen LogP contribution in [-0.4, -0.2) is 49.1 Å². The van der Waals surface area contributed by atoms with Gasteiger partial charge in [0.15, 0.2) is 0 Å². The van der Waals surface area contributed by atoms with Gasteiger partial charge in [0, 0.05) is 13.1 Å². The molecule has 0 radical (unpaired) electrons. The summed E-state index contributed by atoms with van der Waals surface area (Å²) in [4.78, 5) is 5.18. The van der Waals surface area contributed by atoms with E-state index in [4.69, 9.17) is 4.74 Å². The van der Waals surface area contributed by atoms with Crippen LogP contribution in [0.5, 0.6) is 5.75 Å². The van der Waals surface area contributed by atoms with E-state index in [0.29, 0.717) is 0 Å². The molecule has 2 heterocycles. The van der Waals surface area contributed by atoms with Crippen LogP contribution in [0.25, 0.3) is 11.1 Å². The van der Waals surface area contributed by atoms with Crippen molar-refractivity contribution in [3.8, 4) is 16.9 Å². The molecule has 0 aromatic heterocycles. The van der Waals surface area contributed by atoms with E-state index in [-0.39, 0.29) is 7.43 Å². The lowest BCUT2D eigenvalue weighted by Crippen LogP contribution is -2.31. The minimum atomic E-state index is 0. The Hall–Kier alpha value is -1.84. The Morgan fingerprint density at radius 2 is 1.33 bits per heavy atom. The van der Waals surface area contributed by atoms with E-state index in [1.165, 1.54) is 87.9 Å². The summed E-state index contributed by atoms with van der Waals surface area (Å²) in [7, 11) is 0. The van der Waals surface area contributed by atoms with Crippen molar-refractivity contribution in [3.05, 3.63) is 54.1 Å². The molecule has 0 N–H and O–H groups in total. The smallest absolute Gasteiger partial charge is 0.119 e. The van der Waals surface area contributed by atoms with E-state index in [1.54, 1.807) is 0 Å². The predicted molar refractivity (Wildman–Crippen MR) is 128 cm³/mol. The first-order chi connectivity index (χ1) is 14.4. The molecule has 0 bridgehead atoms. The molecule has 2 fully saturated rings. The maximum absolute atomic E-state index is 6.00. The number of rotatable bonds is 8. The van der Waals surface area contributed by atoms with E-state index in [2.05, 4.69) is 58.3 Å². The summed E-state index contributed by atoms with van der Waals surface area (Å²) in [6.07, 6.45) is 9.31. The summed E-state index contributed by atoms with van der Waals surface area (Å²) in [6, 6.07) is 17.6. The Kier molecular flexibility index (Phi) is 9.23. The molecule has 0 spiro atoms. The normalized spacial score (nSPS) is 18.0. The van der Waals surface area contributed by atoms with Gasteiger partial charge < -0.3 is 9.64 Å². The minimum absolute atomic E-state index is 0. The van der Waals surface area contributed by atoms with Crippen molar-refractivity contribution in [2.24, 2.45) is 0 Å². The molecular formula is C27H40N2O. The highest BCUT2D eigenvalue weighted by Crippen LogP contribution is 2.27. The first kappa shape index (κ1) is 22.8. The Labute approximate surface area is 184 Å². The highest BCUT2D eigenvalue weighted by atomic mass is 16.5. The SMILES string of the molecule is C.c1ccc(-c2ccc(OCCCN3CCCCC3)cc2)c(CN2CCCCC2)c1. The molecular weight excluding hydrogens is 368 g/mol. The molecule has 30 heavy (non-hydrogen) atoms. The molecule has 2 aliphatic rings. The topological polar surface area (TPSA) is 15.7 Å². The monoisotopic (exact) mass is 408 g/mol. The van der Waals surface area contributed by atoms with Crippen molar-refractivity contribution in [1.82, 2.24) is 9.80 Å². The van der Waals surface area contributed by atoms with Gasteiger partial charge in [0.1, 0.15) is 5.75 Å². The molecule has 3 nitrogen and oxygen atoms in total. The third kappa shape index (κ3) is 6.58. The first-order valence-corrected chi connectivity index (χ1v) is 11.6. The lowest BCUT2D eigenvalue weighted by molar-refractivity contribution is 0.205. The Bertz CT molecular complexity index is 731. The molecule has 2 aliphatic heterocycles. The standard InChI is InChI=1S/C26H36N2O.CH4/c1-5-16-27(17-6-1)20-9-21-29-25-14-12-23(13-15-25)26-11-4-3-10-24(26)22-28-18-7-2-8-19-28;/h3-4,10-15H,1-2,5-9,16-22H2;1H4. The lowest BCUT2D eigenvalue weighted by Gasteiger charge is -2.27. The van der Waals surface area contributed by atoms with Gasteiger partial charge in [-0.3, -0.25) is 4.90 Å². The van der Waals surface area contributed by atoms with Gasteiger partial charge in [0.25, 0.3) is 0 Å². The molecule has 0 saturated carbocycles. The van der Waals surface area contributed by atoms with Crippen LogP contribution in [0.4, 0.5) is 0 Å². The van der Waals surface area contributed by atoms with Crippen LogP contribution in [0, 0.1) is 0 Å². The fraction of sp³-hybridized carbons (Fsp3) is 0.556. The summed E-state index contributed by atoms with van der Waals surface area (Å²) in [6.45, 7) is 8.04. The average molecular weight is 409 g/mol. The lowest BCUT2D eigenvalue weighted by atomic mass is 9.98. The van der Waals surface area contributed by atoms with Gasteiger partial charge >= 0.3 is 0 Å². The van der Waals surface area contributed by atoms with E-state index in [0.717, 1.165) is 25.3 Å². The van der Waals surface area contributed by atoms with Crippen LogP contribution < -0.4 is 4.74 Å². The Morgan fingerprint density at radius 1 is 0.700 bits per heavy atom. The predicted octanol–water partition coefficient (Wildman–Crippen LogP) is 6.23. The summed E-state index contributed by atoms with van der Waals surface area (Å²) in [5.41, 5.74) is 4.08. The largest absolute Gasteiger partial charge is 0.494 e. The number of hydrogen-bond acceptors (Lipinski definition) is 3. The number of hydrogen-bond donors (Lipinski definition) is 0. The van der Waals surface area contributed by atoms with Gasteiger partial charge in [-0.25, -0.2) is 0 Å². The van der Waals surface area contributed by atoms with Crippen molar-refractivity contribution in [3.63, 3.8) is 0 Å². The minimum Gasteiger partial charge on any atom is -0.494 e. The number of nitrogens with zero attached hydrogens (tertiary/aromatic N) is 2. The Balaban J connectivity index is 0.00000256. The van der Waals surface area contributed by atoms with Crippen molar-refractivity contribution >= 4 is 0 Å². The third-order valence-corrected chi connectivity index (χ3v) is 6.36. The zero-order valence-corrected chi connectivity index (χ0v) is 17.8. The molecule has 0 unspecified atom stereocenters. The van der Waals surface area contributed by atoms with E-state index in [9.17, 15) is 0 Å². The molecule has 4 rings (SSSR count). The zero-order valence-electron chi connectivity index (χ0n) is 17.8. The molecule has 0 atom stereocenters. The molecule has 2 aromatic carbocycles. The zero-order chi connectivity index (χ0) is 19.7. The van der Waals surface area contributed by atoms with E-state index < -0.39 is 0 Å². The fourth-order valence-electron chi connectivity index (χ4n) is 4.69. The van der Waals surface area contributed by atoms with Gasteiger partial charge in [0.2, 0.25) is 0 Å². The quantitative estimate of drug-likeness (QED) is 0.482. The van der Waals surface area contributed by atoms with Crippen molar-refractivity contribution in [2.45, 2.75) is 58.9 Å². The van der Waals surface area contributed by atoms with Gasteiger partial charge in [-0.05, 0) is 87.1 Å². The van der Waals surface area contributed by atoms with Gasteiger partial charge in [0.05, 0.1) is 6.61 Å². The highest BCUT2D eigenvalue weighted by Gasteiger charge is 2.13. The molecule has 0 aliphatic carbocycles. The van der Waals surface area contributed by atoms with E-state index in [1.807, 2.05) is 0 Å². The van der Waals surface area contributed by atoms with Gasteiger partial charge in [-0.15, -0.1) is 0 Å². The van der Waals surface area contributed by atoms with Gasteiger partial charge in [-0.2, -0.15) is 0 Å². The molecule has 3 heteroatoms. The van der Waals surface area contributed by atoms with Crippen LogP contribution in [0.3, 0.4) is 0 Å². The molecule has 2 aromatic rings. The number of benzene rings is 2. The molecule has 164 valence electrons. The van der Waals surface area contributed by atoms with Crippen LogP contribution in [0.2, 0.25) is 0 Å². The van der Waals surface area contributed by atoms with Crippen molar-refractivity contribution < 1.29 is 4.74 Å². The van der Waals surface area contributed by atoms with Crippen LogP contribution >= 0.6 is 0 Å². The second kappa shape index (κ2) is 12.1. The van der Waals surface area contributed by atoms with Crippen LogP contribution in [-0.2, 0) is 6.54 Å². The summed E-state index contributed by atoms with van der Waals surface area (Å²) in [5.74, 6) is 0.987. The Morgan fingerprint density at radius 3 is 2.03 bits per heavy atom. The maximum Gasteiger partial charge on any atom is 0.119 e. The molecule has 2 saturated heterocycles. The summed E-state index contributed by atoms with van der Waals surface area (Å²) >= 11 is 0. The summed E-state index contributed by atoms with van der Waals surface area (Å²) in [5, 5.41) is 0. The summed E-state index contributed by atoms with van der Waals surface area (Å²) < 4.78 is 6.00. The van der Waals surface area contributed by atoms with E-state index >= 15 is 0 Å². The van der Waals surface area contributed by atoms with Crippen LogP contribution in [0.1, 0.15) is 57.9 Å². The maximum atomic E-state index is 6.00. The second-order valence-corrected chi connectivity index (χ2v) is 8.62. The highest BCUT2D eigenvalue weighted by molar-refractivity contribution is 5.68. The number of likely N-dealkylation sites (tertiary alicyclic amines) is 2. The molecule has 0 amide bonds. The first-order valence-electron chi connectivity index (χ1n) is 11.6. The average Bonchev–Trinajstić information content (AvgIpc) is 2.79. The number of ether oxygens (including phenoxy) is 1. The van der Waals surface area contributed by atoms with Crippen molar-refractivity contribution in [2.75, 3.05) is 39.3 Å². The van der Waals surface area contributed by atoms with Crippen molar-refractivity contribution in [1.29, 1.82) is 0 Å². The third-order valence-electron chi connectivity index (χ3n) is 6.36. The second-order valence-electron chi connectivity index (χ2n) is 8.62. The van der Waals surface area contributed by atoms with Crippen LogP contribution in [0.15, 0.2) is 48.5 Å². The fourth-order valence-corrected chi connectivity index (χ4v) is 4.69. The van der Waals surface area contributed by atoms with Gasteiger partial charge in [-0.1, -0.05) is 56.7 Å².